The third-order valence-corrected chi connectivity index (χ3v) is 3.66. The van der Waals surface area contributed by atoms with Gasteiger partial charge in [0.25, 0.3) is 0 Å². The molecule has 0 aromatic heterocycles. The van der Waals surface area contributed by atoms with Crippen LogP contribution in [0.25, 0.3) is 0 Å². The Morgan fingerprint density at radius 2 is 2.19 bits per heavy atom. The highest BCUT2D eigenvalue weighted by Gasteiger charge is 2.42. The Morgan fingerprint density at radius 3 is 2.81 bits per heavy atom. The Balaban J connectivity index is 2.05. The number of amides is 1. The third kappa shape index (κ3) is 2.07. The molecule has 0 saturated carbocycles. The molecule has 1 amide bonds. The van der Waals surface area contributed by atoms with E-state index in [-0.39, 0.29) is 18.6 Å². The summed E-state index contributed by atoms with van der Waals surface area (Å²) in [7, 11) is 0. The average Bonchev–Trinajstić information content (AvgIpc) is 2.77. The summed E-state index contributed by atoms with van der Waals surface area (Å²) in [6.45, 7) is 1.88. The second-order valence-corrected chi connectivity index (χ2v) is 4.75. The van der Waals surface area contributed by atoms with Gasteiger partial charge in [0.05, 0.1) is 18.2 Å². The molecule has 16 heavy (non-hydrogen) atoms. The van der Waals surface area contributed by atoms with Crippen molar-refractivity contribution >= 4 is 5.91 Å². The zero-order valence-corrected chi connectivity index (χ0v) is 9.52. The molecule has 0 aromatic rings. The van der Waals surface area contributed by atoms with Crippen molar-refractivity contribution in [3.05, 3.63) is 0 Å². The number of nitrogens with two attached hydrogens (primary N) is 1. The molecule has 0 aliphatic carbocycles. The van der Waals surface area contributed by atoms with E-state index in [1.807, 2.05) is 0 Å². The Bertz CT molecular complexity index is 264. The van der Waals surface area contributed by atoms with Gasteiger partial charge < -0.3 is 20.5 Å². The van der Waals surface area contributed by atoms with Gasteiger partial charge in [0, 0.05) is 19.8 Å². The minimum Gasteiger partial charge on any atom is -0.394 e. The molecule has 2 rings (SSSR count). The number of carbonyl (C=O) groups excluding carboxylic acids is 1. The topological polar surface area (TPSA) is 75.8 Å². The maximum absolute atomic E-state index is 12.3. The lowest BCUT2D eigenvalue weighted by Gasteiger charge is -2.37. The Hall–Kier alpha value is -0.650. The van der Waals surface area contributed by atoms with E-state index in [1.165, 1.54) is 0 Å². The van der Waals surface area contributed by atoms with Crippen LogP contribution in [0.2, 0.25) is 0 Å². The number of ether oxygens (including phenoxy) is 1. The van der Waals surface area contributed by atoms with Crippen molar-refractivity contribution in [1.29, 1.82) is 0 Å². The lowest BCUT2D eigenvalue weighted by molar-refractivity contribution is -0.142. The minimum absolute atomic E-state index is 0.00708. The smallest absolute Gasteiger partial charge is 0.243 e. The van der Waals surface area contributed by atoms with E-state index in [0.29, 0.717) is 26.1 Å². The van der Waals surface area contributed by atoms with Crippen LogP contribution in [0.1, 0.15) is 25.7 Å². The summed E-state index contributed by atoms with van der Waals surface area (Å²) in [5.74, 6) is -0.00708. The molecule has 2 heterocycles. The number of aliphatic hydroxyl groups excluding tert-OH is 1. The van der Waals surface area contributed by atoms with Gasteiger partial charge >= 0.3 is 0 Å². The number of hydrogen-bond donors (Lipinski definition) is 2. The molecule has 2 fully saturated rings. The molecule has 0 radical (unpaired) electrons. The number of hydrogen-bond acceptors (Lipinski definition) is 4. The maximum atomic E-state index is 12.3. The molecule has 1 atom stereocenters. The highest BCUT2D eigenvalue weighted by Crippen LogP contribution is 2.25. The van der Waals surface area contributed by atoms with Gasteiger partial charge in [-0.1, -0.05) is 0 Å². The van der Waals surface area contributed by atoms with Crippen molar-refractivity contribution in [2.75, 3.05) is 26.4 Å². The first kappa shape index (κ1) is 11.8. The lowest BCUT2D eigenvalue weighted by atomic mass is 9.89. The Labute approximate surface area is 95.5 Å². The number of nitrogens with zero attached hydrogens (tertiary/aromatic N) is 1. The van der Waals surface area contributed by atoms with E-state index < -0.39 is 5.54 Å². The second-order valence-electron chi connectivity index (χ2n) is 4.75. The third-order valence-electron chi connectivity index (χ3n) is 3.66. The van der Waals surface area contributed by atoms with Gasteiger partial charge in [0.15, 0.2) is 0 Å². The van der Waals surface area contributed by atoms with Gasteiger partial charge in [-0.15, -0.1) is 0 Å². The molecule has 2 aliphatic rings. The van der Waals surface area contributed by atoms with E-state index in [4.69, 9.17) is 10.5 Å². The van der Waals surface area contributed by atoms with Crippen LogP contribution < -0.4 is 5.73 Å². The van der Waals surface area contributed by atoms with Crippen LogP contribution in [-0.2, 0) is 9.53 Å². The molecule has 0 bridgehead atoms. The Kier molecular flexibility index (Phi) is 3.47. The van der Waals surface area contributed by atoms with Gasteiger partial charge in [0.2, 0.25) is 5.91 Å². The lowest BCUT2D eigenvalue weighted by Crippen LogP contribution is -2.59. The molecule has 2 aliphatic heterocycles. The number of carbonyl (C=O) groups is 1. The highest BCUT2D eigenvalue weighted by molar-refractivity contribution is 5.86. The predicted octanol–water partition coefficient (Wildman–Crippen LogP) is -0.522. The quantitative estimate of drug-likeness (QED) is 0.666. The summed E-state index contributed by atoms with van der Waals surface area (Å²) in [6, 6.07) is -0.0317. The van der Waals surface area contributed by atoms with Crippen LogP contribution in [-0.4, -0.2) is 53.9 Å². The summed E-state index contributed by atoms with van der Waals surface area (Å²) >= 11 is 0. The standard InChI is InChI=1S/C11H20N2O3/c12-11(3-6-16-7-4-11)10(15)13-5-1-2-9(13)8-14/h9,14H,1-8,12H2/t9-/m0/s1. The van der Waals surface area contributed by atoms with E-state index in [2.05, 4.69) is 0 Å². The molecule has 0 aromatic carbocycles. The summed E-state index contributed by atoms with van der Waals surface area (Å²) in [6.07, 6.45) is 3.01. The molecule has 5 heteroatoms. The zero-order chi connectivity index (χ0) is 11.6. The summed E-state index contributed by atoms with van der Waals surface area (Å²) in [4.78, 5) is 14.1. The fourth-order valence-electron chi connectivity index (χ4n) is 2.53. The highest BCUT2D eigenvalue weighted by atomic mass is 16.5. The number of aliphatic hydroxyl groups is 1. The summed E-state index contributed by atoms with van der Waals surface area (Å²) in [5, 5.41) is 9.21. The van der Waals surface area contributed by atoms with E-state index in [1.54, 1.807) is 4.90 Å². The van der Waals surface area contributed by atoms with Crippen molar-refractivity contribution < 1.29 is 14.6 Å². The van der Waals surface area contributed by atoms with Crippen LogP contribution in [0.15, 0.2) is 0 Å². The van der Waals surface area contributed by atoms with Crippen LogP contribution in [0, 0.1) is 0 Å². The monoisotopic (exact) mass is 228 g/mol. The van der Waals surface area contributed by atoms with Gasteiger partial charge in [-0.25, -0.2) is 0 Å². The molecule has 5 nitrogen and oxygen atoms in total. The van der Waals surface area contributed by atoms with Crippen molar-refractivity contribution in [1.82, 2.24) is 4.90 Å². The fourth-order valence-corrected chi connectivity index (χ4v) is 2.53. The molecule has 0 unspecified atom stereocenters. The summed E-state index contributed by atoms with van der Waals surface area (Å²) < 4.78 is 5.23. The van der Waals surface area contributed by atoms with Crippen molar-refractivity contribution in [2.45, 2.75) is 37.3 Å². The number of rotatable bonds is 2. The molecule has 2 saturated heterocycles. The first-order valence-corrected chi connectivity index (χ1v) is 5.96. The molecule has 0 spiro atoms. The molecule has 3 N–H and O–H groups in total. The molecule has 92 valence electrons. The van der Waals surface area contributed by atoms with E-state index >= 15 is 0 Å². The minimum atomic E-state index is -0.768. The van der Waals surface area contributed by atoms with Crippen LogP contribution in [0.3, 0.4) is 0 Å². The largest absolute Gasteiger partial charge is 0.394 e. The van der Waals surface area contributed by atoms with Crippen LogP contribution >= 0.6 is 0 Å². The second kappa shape index (κ2) is 4.69. The van der Waals surface area contributed by atoms with Gasteiger partial charge in [-0.2, -0.15) is 0 Å². The van der Waals surface area contributed by atoms with E-state index in [9.17, 15) is 9.90 Å². The fraction of sp³-hybridized carbons (Fsp3) is 0.909. The molecular weight excluding hydrogens is 208 g/mol. The van der Waals surface area contributed by atoms with Gasteiger partial charge in [0.1, 0.15) is 0 Å². The number of likely N-dealkylation sites (tertiary alicyclic amines) is 1. The average molecular weight is 228 g/mol. The SMILES string of the molecule is NC1(C(=O)N2CCC[C@H]2CO)CCOCC1. The summed E-state index contributed by atoms with van der Waals surface area (Å²) in [5.41, 5.74) is 5.38. The van der Waals surface area contributed by atoms with Crippen LogP contribution in [0.5, 0.6) is 0 Å². The zero-order valence-electron chi connectivity index (χ0n) is 9.52. The van der Waals surface area contributed by atoms with Crippen LogP contribution in [0.4, 0.5) is 0 Å². The normalized spacial score (nSPS) is 29.4. The van der Waals surface area contributed by atoms with Gasteiger partial charge in [-0.3, -0.25) is 4.79 Å². The first-order chi connectivity index (χ1) is 7.67. The van der Waals surface area contributed by atoms with Crippen molar-refractivity contribution in [2.24, 2.45) is 5.73 Å². The molecular formula is C11H20N2O3. The van der Waals surface area contributed by atoms with E-state index in [0.717, 1.165) is 19.4 Å². The first-order valence-electron chi connectivity index (χ1n) is 5.96. The Morgan fingerprint density at radius 1 is 1.50 bits per heavy atom. The van der Waals surface area contributed by atoms with Crippen molar-refractivity contribution in [3.63, 3.8) is 0 Å². The van der Waals surface area contributed by atoms with Crippen molar-refractivity contribution in [3.8, 4) is 0 Å². The van der Waals surface area contributed by atoms with Gasteiger partial charge in [-0.05, 0) is 25.7 Å². The maximum Gasteiger partial charge on any atom is 0.243 e. The predicted molar refractivity (Wildman–Crippen MR) is 58.8 cm³/mol.